The van der Waals surface area contributed by atoms with Crippen LogP contribution in [0.4, 0.5) is 0 Å². The van der Waals surface area contributed by atoms with E-state index in [-0.39, 0.29) is 12.2 Å². The summed E-state index contributed by atoms with van der Waals surface area (Å²) >= 11 is 6.07. The Morgan fingerprint density at radius 2 is 1.93 bits per heavy atom. The number of rotatable bonds is 7. The van der Waals surface area contributed by atoms with Crippen LogP contribution in [0.2, 0.25) is 5.02 Å². The zero-order valence-corrected chi connectivity index (χ0v) is 15.3. The second kappa shape index (κ2) is 8.51. The minimum atomic E-state index is -1.06. The van der Waals surface area contributed by atoms with Gasteiger partial charge >= 0.3 is 5.97 Å². The number of ether oxygens (including phenoxy) is 2. The average Bonchev–Trinajstić information content (AvgIpc) is 2.68. The van der Waals surface area contributed by atoms with E-state index < -0.39 is 5.97 Å². The lowest BCUT2D eigenvalue weighted by Gasteiger charge is -2.10. The number of nitrogens with zero attached hydrogens (tertiary/aromatic N) is 2. The molecule has 0 amide bonds. The number of benzene rings is 2. The van der Waals surface area contributed by atoms with Crippen LogP contribution in [0.15, 0.2) is 54.7 Å². The number of carbonyl (C=O) groups is 1. The summed E-state index contributed by atoms with van der Waals surface area (Å²) in [6.07, 6.45) is 1.60. The number of aromatic carboxylic acids is 1. The van der Waals surface area contributed by atoms with Crippen molar-refractivity contribution in [3.63, 3.8) is 0 Å². The van der Waals surface area contributed by atoms with E-state index in [9.17, 15) is 9.90 Å². The SMILES string of the molecule is CCOc1ccc(-c2ccnc(COc3ccccc3Cl)n2)cc1C(=O)O. The van der Waals surface area contributed by atoms with E-state index in [1.54, 1.807) is 43.5 Å². The van der Waals surface area contributed by atoms with E-state index >= 15 is 0 Å². The number of para-hydroxylation sites is 1. The lowest BCUT2D eigenvalue weighted by atomic mass is 10.1. The van der Waals surface area contributed by atoms with Crippen LogP contribution in [0.5, 0.6) is 11.5 Å². The van der Waals surface area contributed by atoms with Crippen LogP contribution in [0.1, 0.15) is 23.1 Å². The predicted molar refractivity (Wildman–Crippen MR) is 101 cm³/mol. The molecule has 0 unspecified atom stereocenters. The molecule has 2 aromatic carbocycles. The van der Waals surface area contributed by atoms with E-state index in [0.717, 1.165) is 0 Å². The molecule has 0 bridgehead atoms. The number of carboxylic acid groups (broad SMARTS) is 1. The first kappa shape index (κ1) is 18.7. The van der Waals surface area contributed by atoms with Gasteiger partial charge in [0.15, 0.2) is 5.82 Å². The summed E-state index contributed by atoms with van der Waals surface area (Å²) in [5, 5.41) is 9.92. The standard InChI is InChI=1S/C20H17ClN2O4/c1-2-26-17-8-7-13(11-14(17)20(24)25)16-9-10-22-19(23-16)12-27-18-6-4-3-5-15(18)21/h3-11H,2,12H2,1H3,(H,24,25). The van der Waals surface area contributed by atoms with Crippen molar-refractivity contribution in [1.29, 1.82) is 0 Å². The Morgan fingerprint density at radius 1 is 1.11 bits per heavy atom. The van der Waals surface area contributed by atoms with Crippen LogP contribution in [0.25, 0.3) is 11.3 Å². The molecule has 27 heavy (non-hydrogen) atoms. The molecule has 1 aromatic heterocycles. The molecule has 138 valence electrons. The monoisotopic (exact) mass is 384 g/mol. The molecule has 0 aliphatic rings. The van der Waals surface area contributed by atoms with Gasteiger partial charge in [0.05, 0.1) is 17.3 Å². The number of hydrogen-bond donors (Lipinski definition) is 1. The van der Waals surface area contributed by atoms with Crippen molar-refractivity contribution >= 4 is 17.6 Å². The summed E-state index contributed by atoms with van der Waals surface area (Å²) in [7, 11) is 0. The fourth-order valence-corrected chi connectivity index (χ4v) is 2.66. The maximum atomic E-state index is 11.5. The zero-order valence-electron chi connectivity index (χ0n) is 14.6. The number of aromatic nitrogens is 2. The Kier molecular flexibility index (Phi) is 5.88. The Balaban J connectivity index is 1.84. The lowest BCUT2D eigenvalue weighted by Crippen LogP contribution is -2.04. The minimum Gasteiger partial charge on any atom is -0.493 e. The van der Waals surface area contributed by atoms with Gasteiger partial charge in [-0.1, -0.05) is 23.7 Å². The third-order valence-electron chi connectivity index (χ3n) is 3.70. The highest BCUT2D eigenvalue weighted by molar-refractivity contribution is 6.32. The molecule has 3 rings (SSSR count). The molecule has 0 aliphatic heterocycles. The molecule has 6 nitrogen and oxygen atoms in total. The van der Waals surface area contributed by atoms with Crippen molar-refractivity contribution in [2.45, 2.75) is 13.5 Å². The van der Waals surface area contributed by atoms with E-state index in [0.29, 0.717) is 40.2 Å². The van der Waals surface area contributed by atoms with Crippen LogP contribution in [0, 0.1) is 0 Å². The fourth-order valence-electron chi connectivity index (χ4n) is 2.47. The number of halogens is 1. The Hall–Kier alpha value is -3.12. The van der Waals surface area contributed by atoms with Crippen LogP contribution in [-0.4, -0.2) is 27.7 Å². The molecular weight excluding hydrogens is 368 g/mol. The topological polar surface area (TPSA) is 81.5 Å². The second-order valence-electron chi connectivity index (χ2n) is 5.53. The maximum Gasteiger partial charge on any atom is 0.339 e. The fraction of sp³-hybridized carbons (Fsp3) is 0.150. The summed E-state index contributed by atoms with van der Waals surface area (Å²) in [6.45, 7) is 2.33. The second-order valence-corrected chi connectivity index (χ2v) is 5.93. The summed E-state index contributed by atoms with van der Waals surface area (Å²) in [5.41, 5.74) is 1.33. The molecular formula is C20H17ClN2O4. The molecule has 0 radical (unpaired) electrons. The number of hydrogen-bond acceptors (Lipinski definition) is 5. The van der Waals surface area contributed by atoms with E-state index in [4.69, 9.17) is 21.1 Å². The van der Waals surface area contributed by atoms with Gasteiger partial charge in [-0.05, 0) is 43.3 Å². The summed E-state index contributed by atoms with van der Waals surface area (Å²) in [6, 6.07) is 13.8. The minimum absolute atomic E-state index is 0.0850. The van der Waals surface area contributed by atoms with Crippen molar-refractivity contribution in [2.24, 2.45) is 0 Å². The molecule has 3 aromatic rings. The smallest absolute Gasteiger partial charge is 0.339 e. The van der Waals surface area contributed by atoms with Crippen molar-refractivity contribution in [1.82, 2.24) is 9.97 Å². The van der Waals surface area contributed by atoms with Crippen LogP contribution in [0.3, 0.4) is 0 Å². The van der Waals surface area contributed by atoms with Crippen LogP contribution < -0.4 is 9.47 Å². The molecule has 0 aliphatic carbocycles. The first-order chi connectivity index (χ1) is 13.1. The third kappa shape index (κ3) is 4.54. The van der Waals surface area contributed by atoms with E-state index in [1.165, 1.54) is 6.07 Å². The summed E-state index contributed by atoms with van der Waals surface area (Å²) in [4.78, 5) is 20.1. The number of carboxylic acids is 1. The van der Waals surface area contributed by atoms with Gasteiger partial charge in [0.25, 0.3) is 0 Å². The van der Waals surface area contributed by atoms with Gasteiger partial charge in [-0.15, -0.1) is 0 Å². The first-order valence-electron chi connectivity index (χ1n) is 8.28. The lowest BCUT2D eigenvalue weighted by molar-refractivity contribution is 0.0692. The van der Waals surface area contributed by atoms with E-state index in [2.05, 4.69) is 9.97 Å². The van der Waals surface area contributed by atoms with Crippen LogP contribution in [-0.2, 0) is 6.61 Å². The third-order valence-corrected chi connectivity index (χ3v) is 4.02. The van der Waals surface area contributed by atoms with Gasteiger partial charge in [0, 0.05) is 11.8 Å². The van der Waals surface area contributed by atoms with Gasteiger partial charge in [-0.2, -0.15) is 0 Å². The van der Waals surface area contributed by atoms with E-state index in [1.807, 2.05) is 12.1 Å². The van der Waals surface area contributed by atoms with Gasteiger partial charge in [-0.3, -0.25) is 0 Å². The highest BCUT2D eigenvalue weighted by Gasteiger charge is 2.14. The van der Waals surface area contributed by atoms with Crippen molar-refractivity contribution in [3.8, 4) is 22.8 Å². The van der Waals surface area contributed by atoms with Crippen LogP contribution >= 0.6 is 11.6 Å². The largest absolute Gasteiger partial charge is 0.493 e. The van der Waals surface area contributed by atoms with Crippen molar-refractivity contribution in [3.05, 3.63) is 71.1 Å². The van der Waals surface area contributed by atoms with Gasteiger partial charge in [0.1, 0.15) is 23.7 Å². The quantitative estimate of drug-likeness (QED) is 0.647. The molecule has 0 atom stereocenters. The predicted octanol–water partition coefficient (Wildman–Crippen LogP) is 4.47. The van der Waals surface area contributed by atoms with Crippen molar-refractivity contribution < 1.29 is 19.4 Å². The molecule has 7 heteroatoms. The highest BCUT2D eigenvalue weighted by atomic mass is 35.5. The molecule has 0 saturated carbocycles. The molecule has 0 saturated heterocycles. The Morgan fingerprint density at radius 3 is 2.67 bits per heavy atom. The first-order valence-corrected chi connectivity index (χ1v) is 8.66. The maximum absolute atomic E-state index is 11.5. The molecule has 0 spiro atoms. The summed E-state index contributed by atoms with van der Waals surface area (Å²) in [5.74, 6) is 0.266. The zero-order chi connectivity index (χ0) is 19.2. The molecule has 1 N–H and O–H groups in total. The molecule has 1 heterocycles. The molecule has 0 fully saturated rings. The Bertz CT molecular complexity index is 962. The summed E-state index contributed by atoms with van der Waals surface area (Å²) < 4.78 is 11.0. The van der Waals surface area contributed by atoms with Crippen molar-refractivity contribution in [2.75, 3.05) is 6.61 Å². The normalized spacial score (nSPS) is 10.4. The average molecular weight is 385 g/mol. The van der Waals surface area contributed by atoms with Gasteiger partial charge in [-0.25, -0.2) is 14.8 Å². The van der Waals surface area contributed by atoms with Gasteiger partial charge in [0.2, 0.25) is 0 Å². The highest BCUT2D eigenvalue weighted by Crippen LogP contribution is 2.27. The van der Waals surface area contributed by atoms with Gasteiger partial charge < -0.3 is 14.6 Å². The Labute approximate surface area is 161 Å².